The Labute approximate surface area is 154 Å². The number of carbonyl (C=O) groups is 1. The number of nitriles is 1. The van der Waals surface area contributed by atoms with Crippen molar-refractivity contribution in [2.24, 2.45) is 0 Å². The molecule has 0 unspecified atom stereocenters. The highest BCUT2D eigenvalue weighted by atomic mass is 32.2. The second-order valence-electron chi connectivity index (χ2n) is 5.16. The number of alkyl halides is 2. The molecule has 2 aromatic carbocycles. The Morgan fingerprint density at radius 1 is 1.15 bits per heavy atom. The second kappa shape index (κ2) is 9.07. The number of hydrogen-bond acceptors (Lipinski definition) is 5. The minimum absolute atomic E-state index is 0.0258. The Morgan fingerprint density at radius 3 is 2.44 bits per heavy atom. The molecule has 2 aromatic rings. The van der Waals surface area contributed by atoms with E-state index in [1.165, 1.54) is 48.5 Å². The summed E-state index contributed by atoms with van der Waals surface area (Å²) in [6.45, 7) is -3.07. The summed E-state index contributed by atoms with van der Waals surface area (Å²) in [6.07, 6.45) is 0.0276. The summed E-state index contributed by atoms with van der Waals surface area (Å²) in [6, 6.07) is 12.5. The highest BCUT2D eigenvalue weighted by Gasteiger charge is 2.16. The molecular formula is C17H15F2N3O4S. The van der Waals surface area contributed by atoms with Gasteiger partial charge in [0.15, 0.2) is 0 Å². The van der Waals surface area contributed by atoms with Crippen molar-refractivity contribution >= 4 is 21.6 Å². The molecule has 2 N–H and O–H groups in total. The molecule has 1 amide bonds. The van der Waals surface area contributed by atoms with E-state index in [-0.39, 0.29) is 34.9 Å². The molecule has 0 heterocycles. The molecule has 0 aromatic heterocycles. The van der Waals surface area contributed by atoms with Gasteiger partial charge in [-0.05, 0) is 36.4 Å². The number of rotatable bonds is 8. The van der Waals surface area contributed by atoms with Crippen LogP contribution in [0.2, 0.25) is 0 Å². The maximum Gasteiger partial charge on any atom is 0.387 e. The van der Waals surface area contributed by atoms with Crippen molar-refractivity contribution in [3.8, 4) is 11.8 Å². The Balaban J connectivity index is 2.12. The van der Waals surface area contributed by atoms with E-state index in [0.29, 0.717) is 0 Å². The molecule has 2 rings (SSSR count). The minimum Gasteiger partial charge on any atom is -0.433 e. The van der Waals surface area contributed by atoms with Crippen LogP contribution >= 0.6 is 0 Å². The van der Waals surface area contributed by atoms with Gasteiger partial charge in [0.1, 0.15) is 5.75 Å². The molecule has 0 saturated carbocycles. The summed E-state index contributed by atoms with van der Waals surface area (Å²) in [5.41, 5.74) is 0.176. The Hall–Kier alpha value is -3.03. The summed E-state index contributed by atoms with van der Waals surface area (Å²) >= 11 is 0. The number of ether oxygens (including phenoxy) is 1. The standard InChI is InChI=1S/C17H15F2N3O4S/c18-17(19)26-15-5-2-1-4-14(15)22-16(23)12-6-8-13(9-7-12)27(24,25)21-11-3-10-20/h1-2,4-9,17,21H,3,11H2,(H,22,23). The number of nitrogens with zero attached hydrogens (tertiary/aromatic N) is 1. The lowest BCUT2D eigenvalue weighted by Gasteiger charge is -2.12. The van der Waals surface area contributed by atoms with Gasteiger partial charge in [0.2, 0.25) is 10.0 Å². The Kier molecular flexibility index (Phi) is 6.81. The van der Waals surface area contributed by atoms with Gasteiger partial charge in [0.25, 0.3) is 5.91 Å². The van der Waals surface area contributed by atoms with Crippen LogP contribution in [0.5, 0.6) is 5.75 Å². The van der Waals surface area contributed by atoms with Gasteiger partial charge in [0, 0.05) is 18.5 Å². The quantitative estimate of drug-likeness (QED) is 0.668. The first-order chi connectivity index (χ1) is 12.8. The number of benzene rings is 2. The summed E-state index contributed by atoms with van der Waals surface area (Å²) in [5, 5.41) is 10.9. The van der Waals surface area contributed by atoms with Crippen molar-refractivity contribution in [3.05, 3.63) is 54.1 Å². The summed E-state index contributed by atoms with van der Waals surface area (Å²) in [4.78, 5) is 12.2. The molecule has 142 valence electrons. The minimum atomic E-state index is -3.79. The molecule has 7 nitrogen and oxygen atoms in total. The van der Waals surface area contributed by atoms with Crippen LogP contribution in [0.4, 0.5) is 14.5 Å². The van der Waals surface area contributed by atoms with E-state index in [2.05, 4.69) is 14.8 Å². The van der Waals surface area contributed by atoms with Gasteiger partial charge in [-0.3, -0.25) is 4.79 Å². The molecule has 10 heteroatoms. The lowest BCUT2D eigenvalue weighted by atomic mass is 10.2. The smallest absolute Gasteiger partial charge is 0.387 e. The van der Waals surface area contributed by atoms with Crippen LogP contribution < -0.4 is 14.8 Å². The predicted octanol–water partition coefficient (Wildman–Crippen LogP) is 2.73. The third kappa shape index (κ3) is 5.73. The first-order valence-electron chi connectivity index (χ1n) is 7.65. The van der Waals surface area contributed by atoms with E-state index in [9.17, 15) is 22.0 Å². The topological polar surface area (TPSA) is 108 Å². The predicted molar refractivity (Wildman–Crippen MR) is 92.9 cm³/mol. The van der Waals surface area contributed by atoms with E-state index in [0.717, 1.165) is 0 Å². The van der Waals surface area contributed by atoms with Crippen molar-refractivity contribution < 1.29 is 26.7 Å². The monoisotopic (exact) mass is 395 g/mol. The van der Waals surface area contributed by atoms with E-state index >= 15 is 0 Å². The number of carbonyl (C=O) groups excluding carboxylic acids is 1. The SMILES string of the molecule is N#CCCNS(=O)(=O)c1ccc(C(=O)Nc2ccccc2OC(F)F)cc1. The zero-order valence-electron chi connectivity index (χ0n) is 13.9. The largest absolute Gasteiger partial charge is 0.433 e. The molecular weight excluding hydrogens is 380 g/mol. The van der Waals surface area contributed by atoms with E-state index < -0.39 is 22.5 Å². The van der Waals surface area contributed by atoms with Crippen molar-refractivity contribution in [1.29, 1.82) is 5.26 Å². The normalized spacial score (nSPS) is 11.0. The average Bonchev–Trinajstić information content (AvgIpc) is 2.63. The highest BCUT2D eigenvalue weighted by Crippen LogP contribution is 2.26. The Bertz CT molecular complexity index is 941. The van der Waals surface area contributed by atoms with Gasteiger partial charge in [-0.1, -0.05) is 12.1 Å². The van der Waals surface area contributed by atoms with Crippen LogP contribution in [0.15, 0.2) is 53.4 Å². The third-order valence-electron chi connectivity index (χ3n) is 3.31. The molecule has 0 saturated heterocycles. The lowest BCUT2D eigenvalue weighted by Crippen LogP contribution is -2.24. The van der Waals surface area contributed by atoms with Gasteiger partial charge in [-0.15, -0.1) is 0 Å². The van der Waals surface area contributed by atoms with Gasteiger partial charge >= 0.3 is 6.61 Å². The number of sulfonamides is 1. The molecule has 0 fully saturated rings. The average molecular weight is 395 g/mol. The molecule has 0 bridgehead atoms. The van der Waals surface area contributed by atoms with Gasteiger partial charge in [0.05, 0.1) is 16.7 Å². The Morgan fingerprint density at radius 2 is 1.81 bits per heavy atom. The molecule has 0 atom stereocenters. The number of nitrogens with one attached hydrogen (secondary N) is 2. The van der Waals surface area contributed by atoms with E-state index in [1.54, 1.807) is 0 Å². The van der Waals surface area contributed by atoms with Crippen LogP contribution in [-0.2, 0) is 10.0 Å². The first kappa shape index (κ1) is 20.3. The summed E-state index contributed by atoms with van der Waals surface area (Å²) in [5.74, 6) is -0.816. The number of anilines is 1. The zero-order chi connectivity index (χ0) is 19.9. The highest BCUT2D eigenvalue weighted by molar-refractivity contribution is 7.89. The molecule has 0 spiro atoms. The van der Waals surface area contributed by atoms with Gasteiger partial charge in [-0.25, -0.2) is 13.1 Å². The number of halogens is 2. The summed E-state index contributed by atoms with van der Waals surface area (Å²) < 4.78 is 55.4. The van der Waals surface area contributed by atoms with Crippen LogP contribution in [-0.4, -0.2) is 27.5 Å². The van der Waals surface area contributed by atoms with Gasteiger partial charge in [-0.2, -0.15) is 14.0 Å². The van der Waals surface area contributed by atoms with E-state index in [1.807, 2.05) is 6.07 Å². The first-order valence-corrected chi connectivity index (χ1v) is 9.13. The molecule has 0 aliphatic carbocycles. The molecule has 0 radical (unpaired) electrons. The zero-order valence-corrected chi connectivity index (χ0v) is 14.7. The molecule has 27 heavy (non-hydrogen) atoms. The third-order valence-corrected chi connectivity index (χ3v) is 4.78. The van der Waals surface area contributed by atoms with Crippen LogP contribution in [0.3, 0.4) is 0 Å². The maximum absolute atomic E-state index is 12.4. The molecule has 0 aliphatic heterocycles. The van der Waals surface area contributed by atoms with Crippen LogP contribution in [0, 0.1) is 11.3 Å². The molecule has 0 aliphatic rings. The van der Waals surface area contributed by atoms with Gasteiger partial charge < -0.3 is 10.1 Å². The number of para-hydroxylation sites is 2. The second-order valence-corrected chi connectivity index (χ2v) is 6.93. The van der Waals surface area contributed by atoms with E-state index in [4.69, 9.17) is 5.26 Å². The van der Waals surface area contributed by atoms with Crippen LogP contribution in [0.25, 0.3) is 0 Å². The lowest BCUT2D eigenvalue weighted by molar-refractivity contribution is -0.0493. The number of hydrogen-bond donors (Lipinski definition) is 2. The van der Waals surface area contributed by atoms with Crippen LogP contribution in [0.1, 0.15) is 16.8 Å². The van der Waals surface area contributed by atoms with Crippen molar-refractivity contribution in [2.45, 2.75) is 17.9 Å². The fourth-order valence-electron chi connectivity index (χ4n) is 2.07. The van der Waals surface area contributed by atoms with Crippen molar-refractivity contribution in [1.82, 2.24) is 4.72 Å². The van der Waals surface area contributed by atoms with Crippen molar-refractivity contribution in [2.75, 3.05) is 11.9 Å². The number of amides is 1. The summed E-state index contributed by atoms with van der Waals surface area (Å²) in [7, 11) is -3.79. The fourth-order valence-corrected chi connectivity index (χ4v) is 3.11. The fraction of sp³-hybridized carbons (Fsp3) is 0.176. The maximum atomic E-state index is 12.4. The van der Waals surface area contributed by atoms with Crippen molar-refractivity contribution in [3.63, 3.8) is 0 Å².